The molecule has 0 bridgehead atoms. The third-order valence-corrected chi connectivity index (χ3v) is 3.85. The summed E-state index contributed by atoms with van der Waals surface area (Å²) >= 11 is 0. The Morgan fingerprint density at radius 2 is 2.17 bits per heavy atom. The van der Waals surface area contributed by atoms with Crippen molar-refractivity contribution in [2.45, 2.75) is 19.3 Å². The molecular weight excluding hydrogens is 302 g/mol. The number of piperidine rings is 1. The molecule has 0 radical (unpaired) electrons. The normalized spacial score (nSPS) is 18.5. The van der Waals surface area contributed by atoms with Crippen LogP contribution in [-0.4, -0.2) is 52.9 Å². The van der Waals surface area contributed by atoms with E-state index in [2.05, 4.69) is 15.3 Å². The minimum absolute atomic E-state index is 0.0972. The first-order valence-electron chi connectivity index (χ1n) is 7.55. The van der Waals surface area contributed by atoms with E-state index in [1.807, 2.05) is 4.90 Å². The van der Waals surface area contributed by atoms with Crippen LogP contribution in [0.4, 0.5) is 0 Å². The Bertz CT molecular complexity index is 680. The van der Waals surface area contributed by atoms with Gasteiger partial charge in [0.2, 0.25) is 11.8 Å². The Hall–Kier alpha value is -2.42. The second-order valence-corrected chi connectivity index (χ2v) is 5.68. The van der Waals surface area contributed by atoms with E-state index in [1.54, 1.807) is 0 Å². The van der Waals surface area contributed by atoms with Crippen molar-refractivity contribution in [1.29, 1.82) is 0 Å². The van der Waals surface area contributed by atoms with Crippen LogP contribution >= 0.6 is 0 Å². The summed E-state index contributed by atoms with van der Waals surface area (Å²) in [7, 11) is 0. The number of aromatic amines is 2. The number of nitrogens with one attached hydrogen (secondary N) is 3. The van der Waals surface area contributed by atoms with E-state index >= 15 is 0 Å². The van der Waals surface area contributed by atoms with Crippen LogP contribution in [0.1, 0.15) is 18.4 Å². The number of amides is 2. The van der Waals surface area contributed by atoms with Gasteiger partial charge in [0.05, 0.1) is 12.5 Å². The van der Waals surface area contributed by atoms with Gasteiger partial charge in [0.1, 0.15) is 0 Å². The number of H-pyrrole nitrogens is 2. The number of carbonyl (C=O) groups excluding carboxylic acids is 2. The summed E-state index contributed by atoms with van der Waals surface area (Å²) in [6.07, 6.45) is 3.28. The summed E-state index contributed by atoms with van der Waals surface area (Å²) < 4.78 is 0. The number of likely N-dealkylation sites (tertiary alicyclic amines) is 1. The molecule has 5 N–H and O–H groups in total. The average molecular weight is 323 g/mol. The number of aromatic nitrogens is 2. The zero-order chi connectivity index (χ0) is 16.8. The first-order valence-corrected chi connectivity index (χ1v) is 7.55. The molecule has 2 amide bonds. The molecule has 0 aliphatic carbocycles. The Kier molecular flexibility index (Phi) is 5.69. The second-order valence-electron chi connectivity index (χ2n) is 5.68. The molecule has 1 fully saturated rings. The van der Waals surface area contributed by atoms with Crippen molar-refractivity contribution in [3.63, 3.8) is 0 Å². The van der Waals surface area contributed by atoms with Crippen LogP contribution in [0.3, 0.4) is 0 Å². The third-order valence-electron chi connectivity index (χ3n) is 3.85. The molecule has 1 aromatic heterocycles. The molecule has 23 heavy (non-hydrogen) atoms. The van der Waals surface area contributed by atoms with Gasteiger partial charge >= 0.3 is 5.69 Å². The summed E-state index contributed by atoms with van der Waals surface area (Å²) in [5.74, 6) is -0.680. The fraction of sp³-hybridized carbons (Fsp3) is 0.571. The lowest BCUT2D eigenvalue weighted by Crippen LogP contribution is -2.46. The number of nitrogens with two attached hydrogens (primary N) is 1. The third kappa shape index (κ3) is 5.06. The Morgan fingerprint density at radius 3 is 2.87 bits per heavy atom. The summed E-state index contributed by atoms with van der Waals surface area (Å²) in [5, 5.41) is 2.79. The Labute approximate surface area is 132 Å². The van der Waals surface area contributed by atoms with E-state index in [9.17, 15) is 19.2 Å². The van der Waals surface area contributed by atoms with Crippen LogP contribution in [-0.2, 0) is 16.0 Å². The maximum Gasteiger partial charge on any atom is 0.325 e. The van der Waals surface area contributed by atoms with Gasteiger partial charge in [-0.3, -0.25) is 24.3 Å². The van der Waals surface area contributed by atoms with Crippen molar-refractivity contribution in [1.82, 2.24) is 20.2 Å². The summed E-state index contributed by atoms with van der Waals surface area (Å²) in [6, 6.07) is 0. The number of primary amides is 1. The van der Waals surface area contributed by atoms with Crippen LogP contribution in [0.25, 0.3) is 0 Å². The predicted molar refractivity (Wildman–Crippen MR) is 82.8 cm³/mol. The monoisotopic (exact) mass is 323 g/mol. The van der Waals surface area contributed by atoms with E-state index < -0.39 is 17.2 Å². The molecule has 126 valence electrons. The van der Waals surface area contributed by atoms with Crippen LogP contribution in [0, 0.1) is 5.92 Å². The fourth-order valence-electron chi connectivity index (χ4n) is 2.72. The molecular formula is C14H21N5O4. The molecule has 9 heteroatoms. The van der Waals surface area contributed by atoms with Crippen LogP contribution in [0.2, 0.25) is 0 Å². The van der Waals surface area contributed by atoms with Crippen LogP contribution < -0.4 is 22.3 Å². The van der Waals surface area contributed by atoms with E-state index in [0.717, 1.165) is 19.4 Å². The lowest BCUT2D eigenvalue weighted by atomic mass is 9.97. The van der Waals surface area contributed by atoms with Crippen LogP contribution in [0.5, 0.6) is 0 Å². The lowest BCUT2D eigenvalue weighted by molar-refractivity contribution is -0.128. The highest BCUT2D eigenvalue weighted by Crippen LogP contribution is 2.16. The predicted octanol–water partition coefficient (Wildman–Crippen LogP) is -2.08. The highest BCUT2D eigenvalue weighted by Gasteiger charge is 2.26. The van der Waals surface area contributed by atoms with E-state index in [-0.39, 0.29) is 18.4 Å². The van der Waals surface area contributed by atoms with Gasteiger partial charge in [0, 0.05) is 24.8 Å². The molecule has 0 unspecified atom stereocenters. The molecule has 0 saturated carbocycles. The molecule has 1 aromatic rings. The van der Waals surface area contributed by atoms with Gasteiger partial charge in [-0.2, -0.15) is 0 Å². The molecule has 2 heterocycles. The van der Waals surface area contributed by atoms with Crippen molar-refractivity contribution in [2.75, 3.05) is 26.2 Å². The zero-order valence-electron chi connectivity index (χ0n) is 12.8. The summed E-state index contributed by atoms with van der Waals surface area (Å²) in [5.41, 5.74) is 4.58. The van der Waals surface area contributed by atoms with Gasteiger partial charge in [-0.15, -0.1) is 0 Å². The Balaban J connectivity index is 1.81. The van der Waals surface area contributed by atoms with Crippen molar-refractivity contribution in [2.24, 2.45) is 11.7 Å². The SMILES string of the molecule is NC(=O)CN1CCC[C@@H](C(=O)NCCc2c[nH]c(=O)[nH]c2=O)C1. The standard InChI is InChI=1S/C14H21N5O4/c15-11(20)8-19-5-1-2-10(7-19)12(21)16-4-3-9-6-17-14(23)18-13(9)22/h6,10H,1-5,7-8H2,(H2,15,20)(H,16,21)(H2,17,18,22,23)/t10-/m1/s1. The molecule has 0 spiro atoms. The van der Waals surface area contributed by atoms with Gasteiger partial charge in [0.25, 0.3) is 5.56 Å². The minimum atomic E-state index is -0.556. The van der Waals surface area contributed by atoms with Crippen molar-refractivity contribution < 1.29 is 9.59 Å². The first-order chi connectivity index (χ1) is 11.0. The highest BCUT2D eigenvalue weighted by molar-refractivity contribution is 5.79. The average Bonchev–Trinajstić information content (AvgIpc) is 2.49. The number of nitrogens with zero attached hydrogens (tertiary/aromatic N) is 1. The summed E-state index contributed by atoms with van der Waals surface area (Å²) in [6.45, 7) is 1.74. The van der Waals surface area contributed by atoms with Gasteiger partial charge in [-0.1, -0.05) is 0 Å². The highest BCUT2D eigenvalue weighted by atomic mass is 16.2. The molecule has 1 aliphatic rings. The smallest absolute Gasteiger partial charge is 0.325 e. The number of hydrogen-bond acceptors (Lipinski definition) is 5. The Morgan fingerprint density at radius 1 is 1.39 bits per heavy atom. The maximum atomic E-state index is 12.2. The van der Waals surface area contributed by atoms with Gasteiger partial charge in [-0.05, 0) is 25.8 Å². The molecule has 2 rings (SSSR count). The molecule has 1 saturated heterocycles. The van der Waals surface area contributed by atoms with E-state index in [0.29, 0.717) is 25.1 Å². The number of carbonyl (C=O) groups is 2. The van der Waals surface area contributed by atoms with Crippen molar-refractivity contribution >= 4 is 11.8 Å². The van der Waals surface area contributed by atoms with Gasteiger partial charge in [0.15, 0.2) is 0 Å². The minimum Gasteiger partial charge on any atom is -0.369 e. The topological polar surface area (TPSA) is 141 Å². The molecule has 0 aromatic carbocycles. The lowest BCUT2D eigenvalue weighted by Gasteiger charge is -2.30. The number of rotatable bonds is 6. The zero-order valence-corrected chi connectivity index (χ0v) is 12.8. The van der Waals surface area contributed by atoms with E-state index in [1.165, 1.54) is 6.20 Å². The van der Waals surface area contributed by atoms with Gasteiger partial charge in [-0.25, -0.2) is 4.79 Å². The first kappa shape index (κ1) is 16.9. The van der Waals surface area contributed by atoms with E-state index in [4.69, 9.17) is 5.73 Å². The molecule has 1 atom stereocenters. The maximum absolute atomic E-state index is 12.2. The molecule has 9 nitrogen and oxygen atoms in total. The van der Waals surface area contributed by atoms with Crippen LogP contribution in [0.15, 0.2) is 15.8 Å². The van der Waals surface area contributed by atoms with Crippen molar-refractivity contribution in [3.05, 3.63) is 32.6 Å². The van der Waals surface area contributed by atoms with Crippen molar-refractivity contribution in [3.8, 4) is 0 Å². The second kappa shape index (κ2) is 7.73. The van der Waals surface area contributed by atoms with Gasteiger partial charge < -0.3 is 16.0 Å². The number of hydrogen-bond donors (Lipinski definition) is 4. The quantitative estimate of drug-likeness (QED) is 0.475. The molecule has 1 aliphatic heterocycles. The summed E-state index contributed by atoms with van der Waals surface area (Å²) in [4.78, 5) is 52.0. The fourth-order valence-corrected chi connectivity index (χ4v) is 2.72. The largest absolute Gasteiger partial charge is 0.369 e.